The average molecular weight is 432 g/mol. The molecule has 2 heterocycles. The molecule has 1 aliphatic heterocycles. The molecule has 1 N–H and O–H groups in total. The number of carbonyl (C=O) groups excluding carboxylic acids is 2. The Morgan fingerprint density at radius 3 is 2.83 bits per heavy atom. The van der Waals surface area contributed by atoms with Crippen molar-refractivity contribution in [3.05, 3.63) is 53.2 Å². The van der Waals surface area contributed by atoms with Gasteiger partial charge in [0, 0.05) is 25.9 Å². The highest BCUT2D eigenvalue weighted by atomic mass is 35.5. The summed E-state index contributed by atoms with van der Waals surface area (Å²) in [6.45, 7) is 4.33. The van der Waals surface area contributed by atoms with E-state index in [2.05, 4.69) is 10.3 Å². The first kappa shape index (κ1) is 22.1. The van der Waals surface area contributed by atoms with Crippen LogP contribution in [-0.4, -0.2) is 54.6 Å². The first-order valence-corrected chi connectivity index (χ1v) is 10.5. The van der Waals surface area contributed by atoms with Crippen LogP contribution >= 0.6 is 11.6 Å². The third-order valence-electron chi connectivity index (χ3n) is 4.86. The molecule has 1 aromatic carbocycles. The molecule has 0 radical (unpaired) electrons. The fourth-order valence-electron chi connectivity index (χ4n) is 3.35. The molecule has 0 aliphatic carbocycles. The van der Waals surface area contributed by atoms with Crippen LogP contribution in [-0.2, 0) is 9.53 Å². The molecule has 0 bridgehead atoms. The monoisotopic (exact) mass is 431 g/mol. The van der Waals surface area contributed by atoms with Gasteiger partial charge in [0.25, 0.3) is 5.91 Å². The van der Waals surface area contributed by atoms with E-state index in [1.165, 1.54) is 6.20 Å². The molecule has 1 aliphatic rings. The Bertz CT molecular complexity index is 860. The SMILES string of the molecule is CCOCCOc1ccccc1C(=O)N1CCCC(C(=O)Nc2ccc(Cl)cn2)C1. The molecule has 1 fully saturated rings. The predicted octanol–water partition coefficient (Wildman–Crippen LogP) is 3.64. The molecule has 2 aromatic rings. The fraction of sp³-hybridized carbons (Fsp3) is 0.409. The van der Waals surface area contributed by atoms with Crippen molar-refractivity contribution in [1.82, 2.24) is 9.88 Å². The quantitative estimate of drug-likeness (QED) is 0.645. The zero-order valence-corrected chi connectivity index (χ0v) is 17.7. The van der Waals surface area contributed by atoms with Crippen LogP contribution in [0.25, 0.3) is 0 Å². The van der Waals surface area contributed by atoms with Crippen LogP contribution in [0.5, 0.6) is 5.75 Å². The van der Waals surface area contributed by atoms with Crippen LogP contribution in [0.3, 0.4) is 0 Å². The van der Waals surface area contributed by atoms with E-state index in [1.807, 2.05) is 19.1 Å². The standard InChI is InChI=1S/C22H26ClN3O4/c1-2-29-12-13-30-19-8-4-3-7-18(19)22(28)26-11-5-6-16(15-26)21(27)25-20-10-9-17(23)14-24-20/h3-4,7-10,14,16H,2,5-6,11-13,15H2,1H3,(H,24,25,27). The highest BCUT2D eigenvalue weighted by molar-refractivity contribution is 6.30. The summed E-state index contributed by atoms with van der Waals surface area (Å²) in [6, 6.07) is 10.5. The summed E-state index contributed by atoms with van der Waals surface area (Å²) in [5.74, 6) is 0.388. The fourth-order valence-corrected chi connectivity index (χ4v) is 3.46. The third kappa shape index (κ3) is 5.93. The second-order valence-corrected chi connectivity index (χ2v) is 7.42. The molecule has 30 heavy (non-hydrogen) atoms. The van der Waals surface area contributed by atoms with Crippen LogP contribution in [0, 0.1) is 5.92 Å². The van der Waals surface area contributed by atoms with Crippen molar-refractivity contribution in [2.45, 2.75) is 19.8 Å². The molecule has 160 valence electrons. The molecule has 0 saturated carbocycles. The van der Waals surface area contributed by atoms with E-state index >= 15 is 0 Å². The van der Waals surface area contributed by atoms with Crippen molar-refractivity contribution in [1.29, 1.82) is 0 Å². The minimum atomic E-state index is -0.300. The summed E-state index contributed by atoms with van der Waals surface area (Å²) in [7, 11) is 0. The van der Waals surface area contributed by atoms with Crippen molar-refractivity contribution in [2.24, 2.45) is 5.92 Å². The number of likely N-dealkylation sites (tertiary alicyclic amines) is 1. The summed E-state index contributed by atoms with van der Waals surface area (Å²) >= 11 is 5.83. The van der Waals surface area contributed by atoms with E-state index in [1.54, 1.807) is 29.2 Å². The van der Waals surface area contributed by atoms with Crippen molar-refractivity contribution >= 4 is 29.2 Å². The maximum absolute atomic E-state index is 13.1. The van der Waals surface area contributed by atoms with E-state index in [9.17, 15) is 9.59 Å². The van der Waals surface area contributed by atoms with E-state index in [-0.39, 0.29) is 17.7 Å². The summed E-state index contributed by atoms with van der Waals surface area (Å²) in [6.07, 6.45) is 2.96. The largest absolute Gasteiger partial charge is 0.490 e. The Kier molecular flexibility index (Phi) is 8.04. The number of nitrogens with zero attached hydrogens (tertiary/aromatic N) is 2. The first-order chi connectivity index (χ1) is 14.6. The van der Waals surface area contributed by atoms with Crippen LogP contribution in [0.2, 0.25) is 5.02 Å². The van der Waals surface area contributed by atoms with Gasteiger partial charge in [-0.3, -0.25) is 9.59 Å². The number of aromatic nitrogens is 1. The number of hydrogen-bond acceptors (Lipinski definition) is 5. The van der Waals surface area contributed by atoms with Gasteiger partial charge >= 0.3 is 0 Å². The van der Waals surface area contributed by atoms with Gasteiger partial charge in [0.1, 0.15) is 18.2 Å². The van der Waals surface area contributed by atoms with Gasteiger partial charge in [-0.05, 0) is 44.0 Å². The van der Waals surface area contributed by atoms with E-state index < -0.39 is 0 Å². The lowest BCUT2D eigenvalue weighted by Crippen LogP contribution is -2.44. The minimum Gasteiger partial charge on any atom is -0.490 e. The van der Waals surface area contributed by atoms with Crippen LogP contribution < -0.4 is 10.1 Å². The maximum atomic E-state index is 13.1. The molecule has 1 aromatic heterocycles. The number of nitrogens with one attached hydrogen (secondary N) is 1. The van der Waals surface area contributed by atoms with E-state index in [4.69, 9.17) is 21.1 Å². The number of amides is 2. The topological polar surface area (TPSA) is 80.8 Å². The lowest BCUT2D eigenvalue weighted by Gasteiger charge is -2.32. The molecule has 0 spiro atoms. The van der Waals surface area contributed by atoms with Gasteiger partial charge in [0.05, 0.1) is 23.1 Å². The molecular weight excluding hydrogens is 406 g/mol. The summed E-state index contributed by atoms with van der Waals surface area (Å²) < 4.78 is 11.0. The molecule has 8 heteroatoms. The maximum Gasteiger partial charge on any atom is 0.257 e. The van der Waals surface area contributed by atoms with Crippen molar-refractivity contribution in [3.63, 3.8) is 0 Å². The second kappa shape index (κ2) is 10.9. The predicted molar refractivity (Wildman–Crippen MR) is 115 cm³/mol. The van der Waals surface area contributed by atoms with E-state index in [0.717, 1.165) is 12.8 Å². The number of rotatable bonds is 8. The normalized spacial score (nSPS) is 16.2. The van der Waals surface area contributed by atoms with Gasteiger partial charge in [-0.25, -0.2) is 4.98 Å². The molecule has 7 nitrogen and oxygen atoms in total. The zero-order valence-electron chi connectivity index (χ0n) is 17.0. The molecule has 2 amide bonds. The van der Waals surface area contributed by atoms with Gasteiger partial charge in [-0.2, -0.15) is 0 Å². The van der Waals surface area contributed by atoms with Gasteiger partial charge in [-0.15, -0.1) is 0 Å². The number of ether oxygens (including phenoxy) is 2. The van der Waals surface area contributed by atoms with Crippen molar-refractivity contribution in [3.8, 4) is 5.75 Å². The molecule has 3 rings (SSSR count). The number of carbonyl (C=O) groups is 2. The smallest absolute Gasteiger partial charge is 0.257 e. The average Bonchev–Trinajstić information content (AvgIpc) is 2.78. The van der Waals surface area contributed by atoms with Crippen LogP contribution in [0.4, 0.5) is 5.82 Å². The second-order valence-electron chi connectivity index (χ2n) is 6.98. The summed E-state index contributed by atoms with van der Waals surface area (Å²) in [5.41, 5.74) is 0.495. The lowest BCUT2D eigenvalue weighted by atomic mass is 9.96. The Morgan fingerprint density at radius 1 is 1.23 bits per heavy atom. The van der Waals surface area contributed by atoms with Gasteiger partial charge in [0.2, 0.25) is 5.91 Å². The first-order valence-electron chi connectivity index (χ1n) is 10.1. The van der Waals surface area contributed by atoms with Crippen LogP contribution in [0.15, 0.2) is 42.6 Å². The highest BCUT2D eigenvalue weighted by Gasteiger charge is 2.30. The van der Waals surface area contributed by atoms with E-state index in [0.29, 0.717) is 55.1 Å². The lowest BCUT2D eigenvalue weighted by molar-refractivity contribution is -0.121. The third-order valence-corrected chi connectivity index (χ3v) is 5.09. The van der Waals surface area contributed by atoms with Gasteiger partial charge in [-0.1, -0.05) is 23.7 Å². The van der Waals surface area contributed by atoms with Gasteiger partial charge < -0.3 is 19.7 Å². The summed E-state index contributed by atoms with van der Waals surface area (Å²) in [4.78, 5) is 31.6. The number of para-hydroxylation sites is 1. The number of pyridine rings is 1. The molecular formula is C22H26ClN3O4. The number of piperidine rings is 1. The molecule has 1 saturated heterocycles. The van der Waals surface area contributed by atoms with Crippen LogP contribution in [0.1, 0.15) is 30.1 Å². The molecule has 1 unspecified atom stereocenters. The highest BCUT2D eigenvalue weighted by Crippen LogP contribution is 2.24. The Labute approximate surface area is 181 Å². The van der Waals surface area contributed by atoms with Crippen molar-refractivity contribution < 1.29 is 19.1 Å². The Hall–Kier alpha value is -2.64. The Morgan fingerprint density at radius 2 is 2.07 bits per heavy atom. The summed E-state index contributed by atoms with van der Waals surface area (Å²) in [5, 5.41) is 3.31. The number of hydrogen-bond donors (Lipinski definition) is 1. The Balaban J connectivity index is 1.62. The van der Waals surface area contributed by atoms with Gasteiger partial charge in [0.15, 0.2) is 0 Å². The number of benzene rings is 1. The molecule has 1 atom stereocenters. The number of halogens is 1. The number of anilines is 1. The van der Waals surface area contributed by atoms with Crippen molar-refractivity contribution in [2.75, 3.05) is 38.2 Å². The minimum absolute atomic E-state index is 0.135. The zero-order chi connectivity index (χ0) is 21.3.